The van der Waals surface area contributed by atoms with Crippen molar-refractivity contribution in [2.24, 2.45) is 11.8 Å². The summed E-state index contributed by atoms with van der Waals surface area (Å²) >= 11 is 0. The maximum atomic E-state index is 12.4. The molecule has 20 heavy (non-hydrogen) atoms. The van der Waals surface area contributed by atoms with Crippen molar-refractivity contribution in [1.82, 2.24) is 5.32 Å². The molecule has 0 bridgehead atoms. The number of amides is 1. The van der Waals surface area contributed by atoms with Crippen molar-refractivity contribution in [3.63, 3.8) is 0 Å². The van der Waals surface area contributed by atoms with Crippen molar-refractivity contribution < 1.29 is 14.6 Å². The summed E-state index contributed by atoms with van der Waals surface area (Å²) in [6, 6.07) is 4.67. The van der Waals surface area contributed by atoms with E-state index in [9.17, 15) is 9.90 Å². The van der Waals surface area contributed by atoms with E-state index in [-0.39, 0.29) is 17.7 Å². The molecular formula is C15H20N2O3. The molecule has 3 N–H and O–H groups in total. The average Bonchev–Trinajstić information content (AvgIpc) is 3.03. The summed E-state index contributed by atoms with van der Waals surface area (Å²) < 4.78 is 5.11. The molecule has 5 nitrogen and oxygen atoms in total. The second-order valence-corrected chi connectivity index (χ2v) is 5.61. The highest BCUT2D eigenvalue weighted by Gasteiger charge is 2.42. The summed E-state index contributed by atoms with van der Waals surface area (Å²) in [6.45, 7) is 0.923. The number of benzene rings is 1. The van der Waals surface area contributed by atoms with Gasteiger partial charge in [-0.1, -0.05) is 6.42 Å². The van der Waals surface area contributed by atoms with E-state index in [1.54, 1.807) is 19.2 Å². The van der Waals surface area contributed by atoms with Gasteiger partial charge in [0.15, 0.2) is 0 Å². The molecule has 1 saturated carbocycles. The van der Waals surface area contributed by atoms with Crippen molar-refractivity contribution in [3.8, 4) is 11.5 Å². The molecule has 3 rings (SSSR count). The third kappa shape index (κ3) is 2.33. The standard InChI is InChI=1S/C15H20N2O3/c1-20-10-5-6-13(18)12(7-10)17-15(19)14-11-4-2-3-9(11)8-16-14/h5-7,9,11,14,16,18H,2-4,8H2,1H3,(H,17,19). The predicted octanol–water partition coefficient (Wildman–Crippen LogP) is 1.73. The lowest BCUT2D eigenvalue weighted by molar-refractivity contribution is -0.118. The van der Waals surface area contributed by atoms with Gasteiger partial charge < -0.3 is 20.5 Å². The number of ether oxygens (including phenoxy) is 1. The number of nitrogens with one attached hydrogen (secondary N) is 2. The number of rotatable bonds is 3. The minimum atomic E-state index is -0.145. The molecule has 5 heteroatoms. The molecule has 0 radical (unpaired) electrons. The fraction of sp³-hybridized carbons (Fsp3) is 0.533. The zero-order chi connectivity index (χ0) is 14.1. The number of carbonyl (C=O) groups excluding carboxylic acids is 1. The van der Waals surface area contributed by atoms with Gasteiger partial charge in [0, 0.05) is 6.07 Å². The van der Waals surface area contributed by atoms with Crippen LogP contribution in [0.3, 0.4) is 0 Å². The monoisotopic (exact) mass is 276 g/mol. The highest BCUT2D eigenvalue weighted by molar-refractivity contribution is 5.96. The maximum absolute atomic E-state index is 12.4. The second-order valence-electron chi connectivity index (χ2n) is 5.61. The van der Waals surface area contributed by atoms with Crippen LogP contribution >= 0.6 is 0 Å². The third-order valence-corrected chi connectivity index (χ3v) is 4.49. The first-order chi connectivity index (χ1) is 9.69. The summed E-state index contributed by atoms with van der Waals surface area (Å²) in [7, 11) is 1.56. The SMILES string of the molecule is COc1ccc(O)c(NC(=O)C2NCC3CCCC32)c1. The predicted molar refractivity (Wildman–Crippen MR) is 75.9 cm³/mol. The second kappa shape index (κ2) is 5.32. The van der Waals surface area contributed by atoms with E-state index in [0.29, 0.717) is 23.3 Å². The Labute approximate surface area is 118 Å². The zero-order valence-electron chi connectivity index (χ0n) is 11.6. The van der Waals surface area contributed by atoms with E-state index in [4.69, 9.17) is 4.74 Å². The number of phenols is 1. The Hall–Kier alpha value is -1.75. The van der Waals surface area contributed by atoms with Gasteiger partial charge in [-0.15, -0.1) is 0 Å². The Morgan fingerprint density at radius 3 is 3.10 bits per heavy atom. The first-order valence-corrected chi connectivity index (χ1v) is 7.10. The lowest BCUT2D eigenvalue weighted by Gasteiger charge is -2.18. The molecule has 3 unspecified atom stereocenters. The number of aromatic hydroxyl groups is 1. The first kappa shape index (κ1) is 13.2. The average molecular weight is 276 g/mol. The fourth-order valence-electron chi connectivity index (χ4n) is 3.43. The lowest BCUT2D eigenvalue weighted by atomic mass is 9.93. The molecule has 1 aromatic carbocycles. The number of methoxy groups -OCH3 is 1. The minimum absolute atomic E-state index is 0.0557. The first-order valence-electron chi connectivity index (χ1n) is 7.10. The summed E-state index contributed by atoms with van der Waals surface area (Å²) in [5, 5.41) is 15.9. The van der Waals surface area contributed by atoms with E-state index < -0.39 is 0 Å². The van der Waals surface area contributed by atoms with Gasteiger partial charge in [0.2, 0.25) is 5.91 Å². The Balaban J connectivity index is 1.73. The van der Waals surface area contributed by atoms with Gasteiger partial charge in [-0.05, 0) is 43.4 Å². The highest BCUT2D eigenvalue weighted by Crippen LogP contribution is 2.38. The van der Waals surface area contributed by atoms with Crippen molar-refractivity contribution in [3.05, 3.63) is 18.2 Å². The van der Waals surface area contributed by atoms with E-state index >= 15 is 0 Å². The van der Waals surface area contributed by atoms with Crippen LogP contribution in [-0.2, 0) is 4.79 Å². The van der Waals surface area contributed by atoms with Gasteiger partial charge in [0.05, 0.1) is 18.8 Å². The van der Waals surface area contributed by atoms with Gasteiger partial charge in [-0.3, -0.25) is 4.79 Å². The van der Waals surface area contributed by atoms with Crippen LogP contribution in [0.5, 0.6) is 11.5 Å². The van der Waals surface area contributed by atoms with Gasteiger partial charge in [-0.25, -0.2) is 0 Å². The number of hydrogen-bond acceptors (Lipinski definition) is 4. The van der Waals surface area contributed by atoms with E-state index in [1.807, 2.05) is 0 Å². The normalized spacial score (nSPS) is 28.1. The zero-order valence-corrected chi connectivity index (χ0v) is 11.6. The van der Waals surface area contributed by atoms with Crippen LogP contribution in [0, 0.1) is 11.8 Å². The molecule has 0 aromatic heterocycles. The Morgan fingerprint density at radius 1 is 1.45 bits per heavy atom. The molecular weight excluding hydrogens is 256 g/mol. The van der Waals surface area contributed by atoms with Crippen LogP contribution in [0.25, 0.3) is 0 Å². The minimum Gasteiger partial charge on any atom is -0.506 e. The molecule has 2 aliphatic rings. The Morgan fingerprint density at radius 2 is 2.30 bits per heavy atom. The van der Waals surface area contributed by atoms with Crippen molar-refractivity contribution in [2.45, 2.75) is 25.3 Å². The molecule has 1 heterocycles. The van der Waals surface area contributed by atoms with Crippen LogP contribution in [0.4, 0.5) is 5.69 Å². The largest absolute Gasteiger partial charge is 0.506 e. The summed E-state index contributed by atoms with van der Waals surface area (Å²) in [6.07, 6.45) is 3.54. The number of carbonyl (C=O) groups is 1. The molecule has 1 aliphatic carbocycles. The Kier molecular flexibility index (Phi) is 3.53. The number of fused-ring (bicyclic) bond motifs is 1. The van der Waals surface area contributed by atoms with Gasteiger partial charge in [0.25, 0.3) is 0 Å². The molecule has 3 atom stereocenters. The summed E-state index contributed by atoms with van der Waals surface area (Å²) in [5.41, 5.74) is 0.401. The van der Waals surface area contributed by atoms with E-state index in [2.05, 4.69) is 10.6 Å². The number of anilines is 1. The van der Waals surface area contributed by atoms with E-state index in [0.717, 1.165) is 13.0 Å². The van der Waals surface area contributed by atoms with Gasteiger partial charge in [0.1, 0.15) is 11.5 Å². The molecule has 1 aromatic rings. The van der Waals surface area contributed by atoms with Crippen molar-refractivity contribution >= 4 is 11.6 Å². The summed E-state index contributed by atoms with van der Waals surface area (Å²) in [4.78, 5) is 12.4. The van der Waals surface area contributed by atoms with Crippen LogP contribution in [0.15, 0.2) is 18.2 Å². The molecule has 2 fully saturated rings. The quantitative estimate of drug-likeness (QED) is 0.735. The van der Waals surface area contributed by atoms with Gasteiger partial charge >= 0.3 is 0 Å². The van der Waals surface area contributed by atoms with Crippen LogP contribution in [0.2, 0.25) is 0 Å². The third-order valence-electron chi connectivity index (χ3n) is 4.49. The smallest absolute Gasteiger partial charge is 0.241 e. The molecule has 108 valence electrons. The molecule has 1 amide bonds. The number of phenolic OH excluding ortho intramolecular Hbond substituents is 1. The van der Waals surface area contributed by atoms with Crippen LogP contribution in [-0.4, -0.2) is 30.7 Å². The Bertz CT molecular complexity index is 518. The molecule has 1 aliphatic heterocycles. The van der Waals surface area contributed by atoms with Crippen molar-refractivity contribution in [1.29, 1.82) is 0 Å². The highest BCUT2D eigenvalue weighted by atomic mass is 16.5. The lowest BCUT2D eigenvalue weighted by Crippen LogP contribution is -2.39. The molecule has 1 saturated heterocycles. The summed E-state index contributed by atoms with van der Waals surface area (Å²) in [5.74, 6) is 1.66. The van der Waals surface area contributed by atoms with Crippen LogP contribution in [0.1, 0.15) is 19.3 Å². The molecule has 0 spiro atoms. The topological polar surface area (TPSA) is 70.6 Å². The fourth-order valence-corrected chi connectivity index (χ4v) is 3.43. The maximum Gasteiger partial charge on any atom is 0.241 e. The van der Waals surface area contributed by atoms with Crippen molar-refractivity contribution in [2.75, 3.05) is 19.0 Å². The van der Waals surface area contributed by atoms with Gasteiger partial charge in [-0.2, -0.15) is 0 Å². The van der Waals surface area contributed by atoms with E-state index in [1.165, 1.54) is 18.9 Å². The van der Waals surface area contributed by atoms with Crippen LogP contribution < -0.4 is 15.4 Å². The number of hydrogen-bond donors (Lipinski definition) is 3.